The van der Waals surface area contributed by atoms with Crippen LogP contribution < -0.4 is 14.8 Å². The molecule has 0 unspecified atom stereocenters. The Morgan fingerprint density at radius 1 is 1.11 bits per heavy atom. The molecule has 13 heteroatoms. The van der Waals surface area contributed by atoms with Gasteiger partial charge in [0.2, 0.25) is 0 Å². The summed E-state index contributed by atoms with van der Waals surface area (Å²) in [5, 5.41) is 21.4. The number of hydrogen-bond acceptors (Lipinski definition) is 9. The number of nitrogens with zero attached hydrogens (tertiary/aromatic N) is 3. The van der Waals surface area contributed by atoms with Crippen LogP contribution in [0.5, 0.6) is 17.2 Å². The molecule has 0 aliphatic carbocycles. The fourth-order valence-electron chi connectivity index (χ4n) is 4.09. The van der Waals surface area contributed by atoms with Crippen molar-refractivity contribution in [3.63, 3.8) is 0 Å². The van der Waals surface area contributed by atoms with Crippen LogP contribution in [-0.4, -0.2) is 46.4 Å². The molecule has 0 atom stereocenters. The van der Waals surface area contributed by atoms with Crippen molar-refractivity contribution in [1.29, 1.82) is 0 Å². The van der Waals surface area contributed by atoms with Crippen LogP contribution in [0.15, 0.2) is 103 Å². The second-order valence-corrected chi connectivity index (χ2v) is 11.3. The molecule has 1 saturated heterocycles. The number of hydrogen-bond donors (Lipinski definition) is 2. The number of phenols is 1. The molecule has 4 aromatic rings. The van der Waals surface area contributed by atoms with Crippen molar-refractivity contribution < 1.29 is 33.0 Å². The van der Waals surface area contributed by atoms with Gasteiger partial charge < -0.3 is 24.3 Å². The first kappa shape index (κ1) is 31.5. The summed E-state index contributed by atoms with van der Waals surface area (Å²) in [5.41, 5.74) is 1.62. The maximum absolute atomic E-state index is 13.6. The Kier molecular flexibility index (Phi) is 10.3. The minimum Gasteiger partial charge on any atom is -0.504 e. The molecule has 3 aromatic carbocycles. The number of thioether (sulfide) groups is 1. The maximum atomic E-state index is 13.6. The van der Waals surface area contributed by atoms with Gasteiger partial charge in [0.05, 0.1) is 30.5 Å². The van der Waals surface area contributed by atoms with Crippen molar-refractivity contribution in [2.24, 2.45) is 10.2 Å². The summed E-state index contributed by atoms with van der Waals surface area (Å²) in [7, 11) is 0. The average molecular weight is 694 g/mol. The zero-order valence-electron chi connectivity index (χ0n) is 23.8. The van der Waals surface area contributed by atoms with Gasteiger partial charge in [-0.05, 0) is 103 Å². The van der Waals surface area contributed by atoms with E-state index in [1.54, 1.807) is 48.5 Å². The second kappa shape index (κ2) is 14.7. The van der Waals surface area contributed by atoms with Crippen molar-refractivity contribution in [1.82, 2.24) is 4.90 Å². The van der Waals surface area contributed by atoms with Crippen molar-refractivity contribution >= 4 is 62.7 Å². The Morgan fingerprint density at radius 2 is 1.93 bits per heavy atom. The number of halogens is 2. The molecule has 0 spiro atoms. The molecule has 10 nitrogen and oxygen atoms in total. The van der Waals surface area contributed by atoms with Gasteiger partial charge in [0.25, 0.3) is 11.8 Å². The number of amides is 2. The van der Waals surface area contributed by atoms with E-state index in [9.17, 15) is 19.1 Å². The molecule has 45 heavy (non-hydrogen) atoms. The van der Waals surface area contributed by atoms with Gasteiger partial charge in [0.15, 0.2) is 23.3 Å². The van der Waals surface area contributed by atoms with Crippen LogP contribution >= 0.6 is 27.7 Å². The number of aromatic hydroxyl groups is 1. The molecule has 0 radical (unpaired) electrons. The quantitative estimate of drug-likeness (QED) is 0.100. The number of ether oxygens (including phenoxy) is 2. The summed E-state index contributed by atoms with van der Waals surface area (Å²) < 4.78 is 30.6. The van der Waals surface area contributed by atoms with Crippen LogP contribution in [0, 0.1) is 5.82 Å². The number of phenolic OH excluding ortho intramolecular Hbond substituents is 1. The van der Waals surface area contributed by atoms with E-state index >= 15 is 0 Å². The predicted octanol–water partition coefficient (Wildman–Crippen LogP) is 6.81. The lowest BCUT2D eigenvalue weighted by atomic mass is 10.2. The molecule has 2 N–H and O–H groups in total. The number of rotatable bonds is 11. The maximum Gasteiger partial charge on any atom is 0.267 e. The third-order valence-electron chi connectivity index (χ3n) is 6.16. The lowest BCUT2D eigenvalue weighted by Gasteiger charge is -2.13. The number of benzene rings is 3. The van der Waals surface area contributed by atoms with Gasteiger partial charge in [-0.15, -0.1) is 5.10 Å². The SMILES string of the molecule is CCOc1cc(/C=N\N=C2\S/C(=C\c3cc(Br)ccc3OCC(=O)Nc3ccc(F)cc3)C(=O)N2Cc2ccco2)ccc1O. The Hall–Kier alpha value is -4.88. The fraction of sp³-hybridized carbons (Fsp3) is 0.125. The number of carbonyl (C=O) groups is 2. The van der Waals surface area contributed by atoms with E-state index in [0.29, 0.717) is 50.8 Å². The first-order valence-electron chi connectivity index (χ1n) is 13.6. The monoisotopic (exact) mass is 692 g/mol. The van der Waals surface area contributed by atoms with E-state index in [2.05, 4.69) is 31.4 Å². The van der Waals surface area contributed by atoms with Gasteiger partial charge in [-0.2, -0.15) is 5.10 Å². The van der Waals surface area contributed by atoms with Gasteiger partial charge in [0, 0.05) is 15.7 Å². The molecule has 2 heterocycles. The molecule has 1 fully saturated rings. The molecule has 1 aliphatic rings. The molecule has 2 amide bonds. The Balaban J connectivity index is 1.37. The van der Waals surface area contributed by atoms with Gasteiger partial charge in [-0.1, -0.05) is 15.9 Å². The number of carbonyl (C=O) groups excluding carboxylic acids is 2. The van der Waals surface area contributed by atoms with E-state index in [1.165, 1.54) is 47.7 Å². The summed E-state index contributed by atoms with van der Waals surface area (Å²) in [6.07, 6.45) is 4.66. The zero-order chi connectivity index (χ0) is 31.8. The Morgan fingerprint density at radius 3 is 2.69 bits per heavy atom. The van der Waals surface area contributed by atoms with Crippen LogP contribution in [0.2, 0.25) is 0 Å². The number of anilines is 1. The smallest absolute Gasteiger partial charge is 0.267 e. The minimum atomic E-state index is -0.437. The molecular weight excluding hydrogens is 667 g/mol. The highest BCUT2D eigenvalue weighted by Gasteiger charge is 2.34. The number of furan rings is 1. The molecule has 5 rings (SSSR count). The van der Waals surface area contributed by atoms with Crippen molar-refractivity contribution in [2.75, 3.05) is 18.5 Å². The van der Waals surface area contributed by atoms with Crippen LogP contribution in [-0.2, 0) is 16.1 Å². The molecule has 0 saturated carbocycles. The first-order valence-corrected chi connectivity index (χ1v) is 15.2. The summed E-state index contributed by atoms with van der Waals surface area (Å²) in [4.78, 5) is 27.9. The minimum absolute atomic E-state index is 0.0149. The zero-order valence-corrected chi connectivity index (χ0v) is 26.2. The standard InChI is InChI=1S/C32H26BrFN4O6S/c1-2-42-28-14-20(5-11-26(28)39)17-35-37-32-38(18-25-4-3-13-43-25)31(41)29(45-32)16-21-15-22(33)6-12-27(21)44-19-30(40)36-24-9-7-23(34)8-10-24/h3-17,39H,2,18-19H2,1H3,(H,36,40)/b29-16-,35-17-,37-32+. The molecule has 230 valence electrons. The number of nitrogens with one attached hydrogen (secondary N) is 1. The lowest BCUT2D eigenvalue weighted by molar-refractivity contribution is -0.122. The van der Waals surface area contributed by atoms with Crippen LogP contribution in [0.4, 0.5) is 10.1 Å². The average Bonchev–Trinajstić information content (AvgIpc) is 3.64. The third-order valence-corrected chi connectivity index (χ3v) is 7.65. The normalized spacial score (nSPS) is 14.9. The highest BCUT2D eigenvalue weighted by atomic mass is 79.9. The molecule has 1 aliphatic heterocycles. The summed E-state index contributed by atoms with van der Waals surface area (Å²) in [5.74, 6) is 0.0895. The summed E-state index contributed by atoms with van der Waals surface area (Å²) in [6, 6.07) is 18.9. The van der Waals surface area contributed by atoms with Gasteiger partial charge >= 0.3 is 0 Å². The van der Waals surface area contributed by atoms with Crippen molar-refractivity contribution in [2.45, 2.75) is 13.5 Å². The predicted molar refractivity (Wildman–Crippen MR) is 174 cm³/mol. The van der Waals surface area contributed by atoms with Gasteiger partial charge in [-0.25, -0.2) is 4.39 Å². The molecule has 0 bridgehead atoms. The van der Waals surface area contributed by atoms with E-state index in [0.717, 1.165) is 16.2 Å². The summed E-state index contributed by atoms with van der Waals surface area (Å²) in [6.45, 7) is 2.02. The first-order chi connectivity index (χ1) is 21.8. The van der Waals surface area contributed by atoms with Crippen LogP contribution in [0.3, 0.4) is 0 Å². The van der Waals surface area contributed by atoms with Gasteiger partial charge in [0.1, 0.15) is 17.3 Å². The highest BCUT2D eigenvalue weighted by Crippen LogP contribution is 2.36. The van der Waals surface area contributed by atoms with E-state index in [4.69, 9.17) is 13.9 Å². The topological polar surface area (TPSA) is 126 Å². The highest BCUT2D eigenvalue weighted by molar-refractivity contribution is 9.10. The van der Waals surface area contributed by atoms with Crippen LogP contribution in [0.25, 0.3) is 6.08 Å². The van der Waals surface area contributed by atoms with Gasteiger partial charge in [-0.3, -0.25) is 14.5 Å². The Bertz CT molecular complexity index is 1780. The third kappa shape index (κ3) is 8.40. The van der Waals surface area contributed by atoms with Crippen molar-refractivity contribution in [3.05, 3.63) is 111 Å². The second-order valence-electron chi connectivity index (χ2n) is 9.39. The van der Waals surface area contributed by atoms with Crippen molar-refractivity contribution in [3.8, 4) is 17.2 Å². The van der Waals surface area contributed by atoms with Crippen LogP contribution in [0.1, 0.15) is 23.8 Å². The number of amidine groups is 1. The van der Waals surface area contributed by atoms with E-state index in [-0.39, 0.29) is 24.8 Å². The Labute approximate surface area is 270 Å². The van der Waals surface area contributed by atoms with E-state index in [1.807, 2.05) is 6.92 Å². The van der Waals surface area contributed by atoms with E-state index < -0.39 is 11.7 Å². The largest absolute Gasteiger partial charge is 0.504 e. The lowest BCUT2D eigenvalue weighted by Crippen LogP contribution is -2.28. The fourth-order valence-corrected chi connectivity index (χ4v) is 5.39. The molecule has 1 aromatic heterocycles. The summed E-state index contributed by atoms with van der Waals surface area (Å²) >= 11 is 4.57. The molecular formula is C32H26BrFN4O6S.